The third-order valence-electron chi connectivity index (χ3n) is 6.44. The third-order valence-corrected chi connectivity index (χ3v) is 6.44. The Labute approximate surface area is 192 Å². The van der Waals surface area contributed by atoms with Gasteiger partial charge in [-0.25, -0.2) is 0 Å². The van der Waals surface area contributed by atoms with Gasteiger partial charge in [0.1, 0.15) is 0 Å². The summed E-state index contributed by atoms with van der Waals surface area (Å²) in [5, 5.41) is 6.18. The van der Waals surface area contributed by atoms with Crippen LogP contribution in [-0.4, -0.2) is 40.0 Å². The van der Waals surface area contributed by atoms with E-state index in [1.165, 1.54) is 0 Å². The van der Waals surface area contributed by atoms with Crippen molar-refractivity contribution >= 4 is 34.6 Å². The van der Waals surface area contributed by atoms with Gasteiger partial charge in [0.05, 0.1) is 0 Å². The van der Waals surface area contributed by atoms with Crippen molar-refractivity contribution in [2.45, 2.75) is 39.5 Å². The van der Waals surface area contributed by atoms with Crippen LogP contribution in [-0.2, 0) is 9.59 Å². The Morgan fingerprint density at radius 2 is 1.03 bits per heavy atom. The molecule has 0 unspecified atom stereocenters. The molecule has 0 aliphatic heterocycles. The lowest BCUT2D eigenvalue weighted by atomic mass is 9.81. The molecule has 32 heavy (non-hydrogen) atoms. The molecule has 6 heteroatoms. The molecule has 1 aliphatic carbocycles. The summed E-state index contributed by atoms with van der Waals surface area (Å²) in [5.41, 5.74) is 6.04. The minimum Gasteiger partial charge on any atom is -0.378 e. The topological polar surface area (TPSA) is 64.7 Å². The Morgan fingerprint density at radius 3 is 1.31 bits per heavy atom. The number of amides is 2. The molecule has 0 radical (unpaired) electrons. The molecule has 0 aromatic heterocycles. The van der Waals surface area contributed by atoms with Gasteiger partial charge in [0.25, 0.3) is 0 Å². The number of carbonyl (C=O) groups is 2. The van der Waals surface area contributed by atoms with Crippen LogP contribution in [0.4, 0.5) is 22.7 Å². The number of nitrogens with one attached hydrogen (secondary N) is 2. The van der Waals surface area contributed by atoms with Crippen molar-refractivity contribution in [3.8, 4) is 0 Å². The first-order valence-corrected chi connectivity index (χ1v) is 11.3. The summed E-state index contributed by atoms with van der Waals surface area (Å²) in [6.07, 6.45) is 2.93. The molecule has 1 saturated carbocycles. The standard InChI is InChI=1S/C26H36N4O2/c1-17-15-21(29(3)4)11-13-23(17)27-25(31)19-7-9-20(10-8-19)26(32)28-24-14-12-22(30(5)6)16-18(24)2/h11-16,19-20H,7-10H2,1-6H3,(H,27,31)(H,28,32). The van der Waals surface area contributed by atoms with Gasteiger partial charge >= 0.3 is 0 Å². The SMILES string of the molecule is Cc1cc(N(C)C)ccc1NC(=O)C1CCC(C(=O)Nc2ccc(N(C)C)cc2C)CC1. The van der Waals surface area contributed by atoms with E-state index in [9.17, 15) is 9.59 Å². The lowest BCUT2D eigenvalue weighted by Crippen LogP contribution is -2.32. The van der Waals surface area contributed by atoms with E-state index in [2.05, 4.69) is 22.8 Å². The van der Waals surface area contributed by atoms with Crippen LogP contribution in [0, 0.1) is 25.7 Å². The van der Waals surface area contributed by atoms with Crippen LogP contribution in [0.15, 0.2) is 36.4 Å². The Balaban J connectivity index is 1.53. The number of aryl methyl sites for hydroxylation is 2. The van der Waals surface area contributed by atoms with Crippen LogP contribution in [0.2, 0.25) is 0 Å². The molecule has 6 nitrogen and oxygen atoms in total. The number of hydrogen-bond donors (Lipinski definition) is 2. The molecule has 3 rings (SSSR count). The van der Waals surface area contributed by atoms with Crippen LogP contribution in [0.1, 0.15) is 36.8 Å². The van der Waals surface area contributed by atoms with E-state index >= 15 is 0 Å². The summed E-state index contributed by atoms with van der Waals surface area (Å²) in [6, 6.07) is 12.1. The van der Waals surface area contributed by atoms with E-state index in [1.807, 2.05) is 76.1 Å². The van der Waals surface area contributed by atoms with E-state index in [0.717, 1.165) is 59.6 Å². The van der Waals surface area contributed by atoms with E-state index in [1.54, 1.807) is 0 Å². The van der Waals surface area contributed by atoms with E-state index in [4.69, 9.17) is 0 Å². The van der Waals surface area contributed by atoms with Crippen LogP contribution in [0.25, 0.3) is 0 Å². The highest BCUT2D eigenvalue weighted by molar-refractivity contribution is 5.95. The maximum atomic E-state index is 12.8. The minimum atomic E-state index is -0.0481. The normalized spacial score (nSPS) is 18.1. The van der Waals surface area contributed by atoms with Crippen LogP contribution in [0.5, 0.6) is 0 Å². The molecule has 0 heterocycles. The highest BCUT2D eigenvalue weighted by Gasteiger charge is 2.30. The zero-order chi connectivity index (χ0) is 23.4. The first-order valence-electron chi connectivity index (χ1n) is 11.3. The molecule has 0 spiro atoms. The van der Waals surface area contributed by atoms with Gasteiger partial charge in [0.15, 0.2) is 0 Å². The lowest BCUT2D eigenvalue weighted by molar-refractivity contribution is -0.125. The zero-order valence-corrected chi connectivity index (χ0v) is 20.2. The quantitative estimate of drug-likeness (QED) is 0.681. The summed E-state index contributed by atoms with van der Waals surface area (Å²) in [7, 11) is 8.01. The number of anilines is 4. The summed E-state index contributed by atoms with van der Waals surface area (Å²) >= 11 is 0. The highest BCUT2D eigenvalue weighted by atomic mass is 16.2. The van der Waals surface area contributed by atoms with Crippen molar-refractivity contribution in [3.05, 3.63) is 47.5 Å². The fourth-order valence-corrected chi connectivity index (χ4v) is 4.22. The average Bonchev–Trinajstić information content (AvgIpc) is 2.76. The monoisotopic (exact) mass is 436 g/mol. The van der Waals surface area contributed by atoms with Crippen molar-refractivity contribution in [1.82, 2.24) is 0 Å². The molecule has 0 saturated heterocycles. The average molecular weight is 437 g/mol. The van der Waals surface area contributed by atoms with Gasteiger partial charge in [-0.3, -0.25) is 9.59 Å². The second-order valence-electron chi connectivity index (χ2n) is 9.31. The molecular weight excluding hydrogens is 400 g/mol. The Kier molecular flexibility index (Phi) is 7.44. The number of rotatable bonds is 6. The summed E-state index contributed by atoms with van der Waals surface area (Å²) in [5.74, 6) is 0.0144. The van der Waals surface area contributed by atoms with E-state index in [0.29, 0.717) is 0 Å². The third kappa shape index (κ3) is 5.61. The molecule has 1 fully saturated rings. The number of nitrogens with zero attached hydrogens (tertiary/aromatic N) is 2. The van der Waals surface area contributed by atoms with Crippen molar-refractivity contribution < 1.29 is 9.59 Å². The summed E-state index contributed by atoms with van der Waals surface area (Å²) in [6.45, 7) is 4.02. The molecule has 0 bridgehead atoms. The van der Waals surface area contributed by atoms with Gasteiger partial charge in [0.2, 0.25) is 11.8 Å². The fourth-order valence-electron chi connectivity index (χ4n) is 4.22. The van der Waals surface area contributed by atoms with Crippen molar-refractivity contribution in [2.24, 2.45) is 11.8 Å². The van der Waals surface area contributed by atoms with Crippen LogP contribution in [0.3, 0.4) is 0 Å². The molecule has 0 atom stereocenters. The maximum absolute atomic E-state index is 12.8. The van der Waals surface area contributed by atoms with E-state index < -0.39 is 0 Å². The van der Waals surface area contributed by atoms with Crippen molar-refractivity contribution in [3.63, 3.8) is 0 Å². The molecule has 2 aromatic rings. The van der Waals surface area contributed by atoms with Gasteiger partial charge in [-0.05, 0) is 87.1 Å². The second kappa shape index (κ2) is 10.1. The van der Waals surface area contributed by atoms with Crippen LogP contribution < -0.4 is 20.4 Å². The van der Waals surface area contributed by atoms with Crippen molar-refractivity contribution in [1.29, 1.82) is 0 Å². The zero-order valence-electron chi connectivity index (χ0n) is 20.2. The van der Waals surface area contributed by atoms with Crippen molar-refractivity contribution in [2.75, 3.05) is 48.6 Å². The number of hydrogen-bond acceptors (Lipinski definition) is 4. The summed E-state index contributed by atoms with van der Waals surface area (Å²) < 4.78 is 0. The number of benzene rings is 2. The lowest BCUT2D eigenvalue weighted by Gasteiger charge is -2.27. The molecular formula is C26H36N4O2. The fraction of sp³-hybridized carbons (Fsp3) is 0.462. The van der Waals surface area contributed by atoms with Gasteiger partial charge in [0, 0.05) is 62.8 Å². The van der Waals surface area contributed by atoms with Gasteiger partial charge in [-0.2, -0.15) is 0 Å². The van der Waals surface area contributed by atoms with Gasteiger partial charge < -0.3 is 20.4 Å². The Bertz CT molecular complexity index is 896. The Hall–Kier alpha value is -3.02. The number of carbonyl (C=O) groups excluding carboxylic acids is 2. The van der Waals surface area contributed by atoms with Crippen LogP contribution >= 0.6 is 0 Å². The van der Waals surface area contributed by atoms with Gasteiger partial charge in [-0.1, -0.05) is 0 Å². The minimum absolute atomic E-state index is 0.0481. The van der Waals surface area contributed by atoms with E-state index in [-0.39, 0.29) is 23.7 Å². The molecule has 2 N–H and O–H groups in total. The second-order valence-corrected chi connectivity index (χ2v) is 9.31. The predicted molar refractivity (Wildman–Crippen MR) is 134 cm³/mol. The maximum Gasteiger partial charge on any atom is 0.227 e. The highest BCUT2D eigenvalue weighted by Crippen LogP contribution is 2.32. The molecule has 172 valence electrons. The first kappa shape index (κ1) is 23.6. The molecule has 2 aromatic carbocycles. The summed E-state index contributed by atoms with van der Waals surface area (Å²) in [4.78, 5) is 29.7. The Morgan fingerprint density at radius 1 is 0.688 bits per heavy atom. The largest absolute Gasteiger partial charge is 0.378 e. The smallest absolute Gasteiger partial charge is 0.227 e. The molecule has 1 aliphatic rings. The molecule has 2 amide bonds. The predicted octanol–water partition coefficient (Wildman–Crippen LogP) is 4.82. The van der Waals surface area contributed by atoms with Gasteiger partial charge in [-0.15, -0.1) is 0 Å². The first-order chi connectivity index (χ1) is 15.2.